The van der Waals surface area contributed by atoms with E-state index in [1.807, 2.05) is 13.8 Å². The van der Waals surface area contributed by atoms with Gasteiger partial charge in [0.2, 0.25) is 5.91 Å². The van der Waals surface area contributed by atoms with E-state index in [0.29, 0.717) is 19.2 Å². The van der Waals surface area contributed by atoms with Crippen molar-refractivity contribution in [3.8, 4) is 0 Å². The van der Waals surface area contributed by atoms with Crippen LogP contribution >= 0.6 is 0 Å². The smallest absolute Gasteiger partial charge is 0.325 e. The number of nitrogens with one attached hydrogen (secondary N) is 1. The molecule has 1 rings (SSSR count). The molecule has 1 aliphatic carbocycles. The predicted molar refractivity (Wildman–Crippen MR) is 64.5 cm³/mol. The number of amides is 1. The quantitative estimate of drug-likeness (QED) is 0.662. The van der Waals surface area contributed by atoms with Gasteiger partial charge in [0.05, 0.1) is 13.2 Å². The molecule has 0 atom stereocenters. The second-order valence-electron chi connectivity index (χ2n) is 4.58. The SMILES string of the molecule is CCOC(=O)CN(C(=O)CNC1CC1)C(C)C. The van der Waals surface area contributed by atoms with Crippen molar-refractivity contribution < 1.29 is 14.3 Å². The molecule has 0 spiro atoms. The van der Waals surface area contributed by atoms with Crippen molar-refractivity contribution >= 4 is 11.9 Å². The first-order valence-corrected chi connectivity index (χ1v) is 6.23. The van der Waals surface area contributed by atoms with Crippen LogP contribution in [0.25, 0.3) is 0 Å². The lowest BCUT2D eigenvalue weighted by molar-refractivity contribution is -0.149. The summed E-state index contributed by atoms with van der Waals surface area (Å²) in [5.41, 5.74) is 0. The van der Waals surface area contributed by atoms with E-state index in [1.165, 1.54) is 0 Å². The van der Waals surface area contributed by atoms with Crippen LogP contribution in [0.4, 0.5) is 0 Å². The number of nitrogens with zero attached hydrogens (tertiary/aromatic N) is 1. The van der Waals surface area contributed by atoms with Crippen LogP contribution in [0.3, 0.4) is 0 Å². The van der Waals surface area contributed by atoms with Gasteiger partial charge in [-0.15, -0.1) is 0 Å². The highest BCUT2D eigenvalue weighted by atomic mass is 16.5. The van der Waals surface area contributed by atoms with Crippen LogP contribution in [0, 0.1) is 0 Å². The van der Waals surface area contributed by atoms with Gasteiger partial charge in [0.25, 0.3) is 0 Å². The van der Waals surface area contributed by atoms with Gasteiger partial charge in [-0.05, 0) is 33.6 Å². The van der Waals surface area contributed by atoms with Crippen molar-refractivity contribution in [3.05, 3.63) is 0 Å². The number of rotatable bonds is 7. The molecule has 0 aliphatic heterocycles. The monoisotopic (exact) mass is 242 g/mol. The number of carbonyl (C=O) groups excluding carboxylic acids is 2. The molecule has 0 aromatic heterocycles. The van der Waals surface area contributed by atoms with Crippen molar-refractivity contribution in [1.29, 1.82) is 0 Å². The normalized spacial score (nSPS) is 14.8. The summed E-state index contributed by atoms with van der Waals surface area (Å²) in [6.45, 7) is 6.24. The minimum Gasteiger partial charge on any atom is -0.465 e. The van der Waals surface area contributed by atoms with E-state index in [2.05, 4.69) is 5.32 Å². The average molecular weight is 242 g/mol. The van der Waals surface area contributed by atoms with Crippen LogP contribution in [0.1, 0.15) is 33.6 Å². The van der Waals surface area contributed by atoms with Crippen LogP contribution in [0.15, 0.2) is 0 Å². The Morgan fingerprint density at radius 2 is 2.06 bits per heavy atom. The van der Waals surface area contributed by atoms with E-state index < -0.39 is 0 Å². The van der Waals surface area contributed by atoms with Crippen LogP contribution in [0.5, 0.6) is 0 Å². The first kappa shape index (κ1) is 14.0. The molecule has 1 aliphatic rings. The third kappa shape index (κ3) is 5.17. The molecule has 0 radical (unpaired) electrons. The van der Waals surface area contributed by atoms with Gasteiger partial charge in [0, 0.05) is 12.1 Å². The molecular formula is C12H22N2O3. The van der Waals surface area contributed by atoms with Gasteiger partial charge in [0.1, 0.15) is 6.54 Å². The first-order valence-electron chi connectivity index (χ1n) is 6.23. The lowest BCUT2D eigenvalue weighted by Crippen LogP contribution is -2.45. The van der Waals surface area contributed by atoms with Crippen LogP contribution in [0.2, 0.25) is 0 Å². The minimum absolute atomic E-state index is 0.00732. The highest BCUT2D eigenvalue weighted by Crippen LogP contribution is 2.18. The molecule has 0 saturated heterocycles. The number of hydrogen-bond donors (Lipinski definition) is 1. The lowest BCUT2D eigenvalue weighted by Gasteiger charge is -2.25. The van der Waals surface area contributed by atoms with Crippen LogP contribution < -0.4 is 5.32 Å². The van der Waals surface area contributed by atoms with Crippen molar-refractivity contribution in [2.24, 2.45) is 0 Å². The maximum atomic E-state index is 11.9. The Morgan fingerprint density at radius 3 is 2.53 bits per heavy atom. The van der Waals surface area contributed by atoms with Gasteiger partial charge in [-0.1, -0.05) is 0 Å². The Balaban J connectivity index is 2.39. The topological polar surface area (TPSA) is 58.6 Å². The van der Waals surface area contributed by atoms with Crippen molar-refractivity contribution in [1.82, 2.24) is 10.2 Å². The van der Waals surface area contributed by atoms with Gasteiger partial charge >= 0.3 is 5.97 Å². The number of carbonyl (C=O) groups is 2. The van der Waals surface area contributed by atoms with Gasteiger partial charge < -0.3 is 15.0 Å². The van der Waals surface area contributed by atoms with Gasteiger partial charge in [-0.25, -0.2) is 0 Å². The summed E-state index contributed by atoms with van der Waals surface area (Å²) in [6.07, 6.45) is 2.29. The lowest BCUT2D eigenvalue weighted by atomic mass is 10.3. The Bertz CT molecular complexity index is 275. The highest BCUT2D eigenvalue weighted by molar-refractivity contribution is 5.83. The van der Waals surface area contributed by atoms with Crippen molar-refractivity contribution in [2.75, 3.05) is 19.7 Å². The number of hydrogen-bond acceptors (Lipinski definition) is 4. The fraction of sp³-hybridized carbons (Fsp3) is 0.833. The van der Waals surface area contributed by atoms with Crippen LogP contribution in [-0.4, -0.2) is 48.6 Å². The fourth-order valence-electron chi connectivity index (χ4n) is 1.53. The van der Waals surface area contributed by atoms with Crippen molar-refractivity contribution in [2.45, 2.75) is 45.7 Å². The summed E-state index contributed by atoms with van der Waals surface area (Å²) in [6, 6.07) is 0.503. The molecule has 1 N–H and O–H groups in total. The summed E-state index contributed by atoms with van der Waals surface area (Å²) in [5.74, 6) is -0.388. The summed E-state index contributed by atoms with van der Waals surface area (Å²) in [5, 5.41) is 3.15. The van der Waals surface area contributed by atoms with Gasteiger partial charge in [-0.2, -0.15) is 0 Å². The molecule has 1 amide bonds. The van der Waals surface area contributed by atoms with Crippen LogP contribution in [-0.2, 0) is 14.3 Å². The summed E-state index contributed by atoms with van der Waals surface area (Å²) in [4.78, 5) is 24.8. The second kappa shape index (κ2) is 6.59. The maximum absolute atomic E-state index is 11.9. The third-order valence-electron chi connectivity index (χ3n) is 2.67. The Kier molecular flexibility index (Phi) is 5.41. The summed E-state index contributed by atoms with van der Waals surface area (Å²) >= 11 is 0. The third-order valence-corrected chi connectivity index (χ3v) is 2.67. The zero-order valence-electron chi connectivity index (χ0n) is 10.9. The van der Waals surface area contributed by atoms with E-state index in [4.69, 9.17) is 4.74 Å². The first-order chi connectivity index (χ1) is 8.04. The van der Waals surface area contributed by atoms with Gasteiger partial charge in [0.15, 0.2) is 0 Å². The molecular weight excluding hydrogens is 220 g/mol. The molecule has 98 valence electrons. The molecule has 5 nitrogen and oxygen atoms in total. The number of esters is 1. The Labute approximate surface area is 102 Å². The molecule has 17 heavy (non-hydrogen) atoms. The molecule has 1 fully saturated rings. The standard InChI is InChI=1S/C12H22N2O3/c1-4-17-12(16)8-14(9(2)3)11(15)7-13-10-5-6-10/h9-10,13H,4-8H2,1-3H3. The van der Waals surface area contributed by atoms with Gasteiger partial charge in [-0.3, -0.25) is 9.59 Å². The van der Waals surface area contributed by atoms with Crippen molar-refractivity contribution in [3.63, 3.8) is 0 Å². The van der Waals surface area contributed by atoms with E-state index in [-0.39, 0.29) is 24.5 Å². The molecule has 0 heterocycles. The molecule has 0 aromatic rings. The van der Waals surface area contributed by atoms with E-state index in [1.54, 1.807) is 11.8 Å². The summed E-state index contributed by atoms with van der Waals surface area (Å²) in [7, 11) is 0. The largest absolute Gasteiger partial charge is 0.465 e. The summed E-state index contributed by atoms with van der Waals surface area (Å²) < 4.78 is 4.86. The zero-order valence-corrected chi connectivity index (χ0v) is 10.9. The average Bonchev–Trinajstić information content (AvgIpc) is 3.06. The molecule has 1 saturated carbocycles. The van der Waals surface area contributed by atoms with E-state index in [9.17, 15) is 9.59 Å². The fourth-order valence-corrected chi connectivity index (χ4v) is 1.53. The minimum atomic E-state index is -0.346. The van der Waals surface area contributed by atoms with E-state index >= 15 is 0 Å². The predicted octanol–water partition coefficient (Wildman–Crippen LogP) is 0.539. The Hall–Kier alpha value is -1.10. The Morgan fingerprint density at radius 1 is 1.41 bits per heavy atom. The maximum Gasteiger partial charge on any atom is 0.325 e. The second-order valence-corrected chi connectivity index (χ2v) is 4.58. The number of ether oxygens (including phenoxy) is 1. The molecule has 0 bridgehead atoms. The molecule has 5 heteroatoms. The molecule has 0 unspecified atom stereocenters. The molecule has 0 aromatic carbocycles. The van der Waals surface area contributed by atoms with E-state index in [0.717, 1.165) is 12.8 Å². The highest BCUT2D eigenvalue weighted by Gasteiger charge is 2.25. The zero-order chi connectivity index (χ0) is 12.8.